The van der Waals surface area contributed by atoms with Crippen molar-refractivity contribution in [3.05, 3.63) is 58.1 Å². The number of amides is 1. The third-order valence-corrected chi connectivity index (χ3v) is 4.88. The number of para-hydroxylation sites is 1. The number of hydrogen-bond donors (Lipinski definition) is 1. The average Bonchev–Trinajstić information content (AvgIpc) is 2.58. The molecule has 1 N–H and O–H groups in total. The van der Waals surface area contributed by atoms with Gasteiger partial charge in [0.1, 0.15) is 5.75 Å². The maximum absolute atomic E-state index is 13.0. The van der Waals surface area contributed by atoms with E-state index >= 15 is 0 Å². The predicted molar refractivity (Wildman–Crippen MR) is 104 cm³/mol. The van der Waals surface area contributed by atoms with Gasteiger partial charge in [-0.2, -0.15) is 13.2 Å². The second-order valence-corrected chi connectivity index (χ2v) is 7.39. The smallest absolute Gasteiger partial charge is 0.418 e. The largest absolute Gasteiger partial charge is 0.492 e. The highest BCUT2D eigenvalue weighted by Crippen LogP contribution is 2.38. The summed E-state index contributed by atoms with van der Waals surface area (Å²) in [6, 6.07) is 9.27. The molecule has 2 rings (SSSR count). The van der Waals surface area contributed by atoms with E-state index in [4.69, 9.17) is 16.3 Å². The third kappa shape index (κ3) is 6.36. The quantitative estimate of drug-likeness (QED) is 0.585. The van der Waals surface area contributed by atoms with Gasteiger partial charge in [-0.25, -0.2) is 0 Å². The molecule has 0 heterocycles. The van der Waals surface area contributed by atoms with E-state index in [-0.39, 0.29) is 10.8 Å². The number of ether oxygens (including phenoxy) is 1. The third-order valence-electron chi connectivity index (χ3n) is 3.65. The van der Waals surface area contributed by atoms with Gasteiger partial charge in [-0.05, 0) is 43.2 Å². The number of anilines is 1. The zero-order chi connectivity index (χ0) is 20.0. The number of benzene rings is 2. The van der Waals surface area contributed by atoms with Gasteiger partial charge >= 0.3 is 6.18 Å². The molecule has 27 heavy (non-hydrogen) atoms. The van der Waals surface area contributed by atoms with Gasteiger partial charge in [0.2, 0.25) is 5.91 Å². The van der Waals surface area contributed by atoms with Gasteiger partial charge < -0.3 is 10.1 Å². The summed E-state index contributed by atoms with van der Waals surface area (Å²) in [5.41, 5.74) is 0.722. The second kappa shape index (κ2) is 9.37. The molecule has 3 nitrogen and oxygen atoms in total. The molecule has 0 saturated carbocycles. The minimum absolute atomic E-state index is 0.00131. The van der Waals surface area contributed by atoms with Crippen LogP contribution in [0.3, 0.4) is 0 Å². The van der Waals surface area contributed by atoms with Crippen molar-refractivity contribution < 1.29 is 22.7 Å². The number of carbonyl (C=O) groups is 1. The molecule has 146 valence electrons. The molecular weight excluding hydrogens is 399 g/mol. The van der Waals surface area contributed by atoms with Crippen LogP contribution in [0, 0.1) is 13.8 Å². The van der Waals surface area contributed by atoms with E-state index in [2.05, 4.69) is 5.32 Å². The fourth-order valence-corrected chi connectivity index (χ4v) is 3.13. The molecular formula is C19H19ClF3NO2S. The van der Waals surface area contributed by atoms with E-state index in [1.165, 1.54) is 23.9 Å². The summed E-state index contributed by atoms with van der Waals surface area (Å²) >= 11 is 7.08. The van der Waals surface area contributed by atoms with Crippen molar-refractivity contribution in [2.75, 3.05) is 23.4 Å². The van der Waals surface area contributed by atoms with Crippen molar-refractivity contribution in [3.63, 3.8) is 0 Å². The summed E-state index contributed by atoms with van der Waals surface area (Å²) < 4.78 is 44.7. The van der Waals surface area contributed by atoms with Gasteiger partial charge in [-0.3, -0.25) is 4.79 Å². The van der Waals surface area contributed by atoms with E-state index in [1.54, 1.807) is 0 Å². The van der Waals surface area contributed by atoms with Crippen molar-refractivity contribution in [2.45, 2.75) is 20.0 Å². The number of nitrogens with one attached hydrogen (secondary N) is 1. The Hall–Kier alpha value is -1.86. The Balaban J connectivity index is 1.83. The Kier molecular flexibility index (Phi) is 7.44. The van der Waals surface area contributed by atoms with Gasteiger partial charge in [0.05, 0.1) is 28.6 Å². The summed E-state index contributed by atoms with van der Waals surface area (Å²) in [6.07, 6.45) is -4.60. The summed E-state index contributed by atoms with van der Waals surface area (Å²) in [6.45, 7) is 4.30. The van der Waals surface area contributed by atoms with Gasteiger partial charge in [0.15, 0.2) is 0 Å². The van der Waals surface area contributed by atoms with Gasteiger partial charge in [-0.15, -0.1) is 11.8 Å². The van der Waals surface area contributed by atoms with E-state index in [0.29, 0.717) is 12.4 Å². The average molecular weight is 418 g/mol. The molecule has 8 heteroatoms. The lowest BCUT2D eigenvalue weighted by molar-refractivity contribution is -0.137. The number of alkyl halides is 3. The molecule has 1 amide bonds. The van der Waals surface area contributed by atoms with E-state index in [1.807, 2.05) is 32.0 Å². The summed E-state index contributed by atoms with van der Waals surface area (Å²) in [4.78, 5) is 12.0. The lowest BCUT2D eigenvalue weighted by Gasteiger charge is -2.15. The van der Waals surface area contributed by atoms with Crippen molar-refractivity contribution in [1.29, 1.82) is 0 Å². The highest BCUT2D eigenvalue weighted by atomic mass is 35.5. The number of carbonyl (C=O) groups excluding carboxylic acids is 1. The molecule has 0 radical (unpaired) electrons. The number of aryl methyl sites for hydroxylation is 2. The predicted octanol–water partition coefficient (Wildman–Crippen LogP) is 5.73. The topological polar surface area (TPSA) is 38.3 Å². The molecule has 0 bridgehead atoms. The summed E-state index contributed by atoms with van der Waals surface area (Å²) in [7, 11) is 0. The van der Waals surface area contributed by atoms with Crippen LogP contribution in [0.15, 0.2) is 36.4 Å². The summed E-state index contributed by atoms with van der Waals surface area (Å²) in [5, 5.41) is 2.11. The van der Waals surface area contributed by atoms with Gasteiger partial charge in [-0.1, -0.05) is 29.8 Å². The first-order chi connectivity index (χ1) is 12.7. The molecule has 2 aromatic carbocycles. The van der Waals surface area contributed by atoms with Gasteiger partial charge in [0, 0.05) is 5.75 Å². The first kappa shape index (κ1) is 21.4. The second-order valence-electron chi connectivity index (χ2n) is 5.88. The first-order valence-electron chi connectivity index (χ1n) is 8.12. The van der Waals surface area contributed by atoms with Crippen LogP contribution in [0.5, 0.6) is 5.75 Å². The zero-order valence-electron chi connectivity index (χ0n) is 14.8. The lowest BCUT2D eigenvalue weighted by Crippen LogP contribution is -2.19. The monoisotopic (exact) mass is 417 g/mol. The molecule has 0 saturated heterocycles. The van der Waals surface area contributed by atoms with Crippen molar-refractivity contribution in [1.82, 2.24) is 0 Å². The standard InChI is InChI=1S/C19H19ClF3NO2S/c1-12-6-7-13(2)16(10-12)26-8-9-27-11-17(25)24-18-14(19(21,22)23)4-3-5-15(18)20/h3-7,10H,8-9,11H2,1-2H3,(H,24,25). The van der Waals surface area contributed by atoms with Crippen molar-refractivity contribution >= 4 is 35.0 Å². The minimum atomic E-state index is -4.60. The number of rotatable bonds is 7. The maximum Gasteiger partial charge on any atom is 0.418 e. The van der Waals surface area contributed by atoms with Crippen LogP contribution in [-0.2, 0) is 11.0 Å². The van der Waals surface area contributed by atoms with E-state index in [9.17, 15) is 18.0 Å². The van der Waals surface area contributed by atoms with Gasteiger partial charge in [0.25, 0.3) is 0 Å². The number of thioether (sulfide) groups is 1. The Morgan fingerprint density at radius 1 is 1.22 bits per heavy atom. The minimum Gasteiger partial charge on any atom is -0.492 e. The fraction of sp³-hybridized carbons (Fsp3) is 0.316. The number of halogens is 4. The Bertz CT molecular complexity index is 812. The molecule has 0 aromatic heterocycles. The molecule has 2 aromatic rings. The highest BCUT2D eigenvalue weighted by Gasteiger charge is 2.34. The molecule has 0 unspecified atom stereocenters. The van der Waals surface area contributed by atoms with Crippen LogP contribution in [0.1, 0.15) is 16.7 Å². The molecule has 0 atom stereocenters. The Labute approximate surface area is 165 Å². The maximum atomic E-state index is 13.0. The summed E-state index contributed by atoms with van der Waals surface area (Å²) in [5.74, 6) is 0.755. The molecule has 0 aliphatic heterocycles. The molecule has 0 aliphatic rings. The Morgan fingerprint density at radius 3 is 2.67 bits per heavy atom. The van der Waals surface area contributed by atoms with Crippen molar-refractivity contribution in [3.8, 4) is 5.75 Å². The van der Waals surface area contributed by atoms with Crippen LogP contribution < -0.4 is 10.1 Å². The molecule has 0 fully saturated rings. The van der Waals surface area contributed by atoms with E-state index in [0.717, 1.165) is 22.9 Å². The van der Waals surface area contributed by atoms with Crippen LogP contribution in [0.4, 0.5) is 18.9 Å². The van der Waals surface area contributed by atoms with Crippen LogP contribution in [0.2, 0.25) is 5.02 Å². The fourth-order valence-electron chi connectivity index (χ4n) is 2.30. The Morgan fingerprint density at radius 2 is 1.96 bits per heavy atom. The molecule has 0 spiro atoms. The van der Waals surface area contributed by atoms with Crippen LogP contribution in [0.25, 0.3) is 0 Å². The molecule has 0 aliphatic carbocycles. The normalized spacial score (nSPS) is 11.3. The lowest BCUT2D eigenvalue weighted by atomic mass is 10.1. The van der Waals surface area contributed by atoms with Crippen LogP contribution >= 0.6 is 23.4 Å². The van der Waals surface area contributed by atoms with Crippen LogP contribution in [-0.4, -0.2) is 24.0 Å². The highest BCUT2D eigenvalue weighted by molar-refractivity contribution is 7.99. The number of hydrogen-bond acceptors (Lipinski definition) is 3. The van der Waals surface area contributed by atoms with Crippen molar-refractivity contribution in [2.24, 2.45) is 0 Å². The van der Waals surface area contributed by atoms with E-state index < -0.39 is 23.3 Å². The first-order valence-corrected chi connectivity index (χ1v) is 9.65. The zero-order valence-corrected chi connectivity index (χ0v) is 16.4. The SMILES string of the molecule is Cc1ccc(C)c(OCCSCC(=O)Nc2c(Cl)cccc2C(F)(F)F)c1.